The van der Waals surface area contributed by atoms with Crippen LogP contribution in [0.25, 0.3) is 0 Å². The molecule has 0 atom stereocenters. The number of carbonyl (C=O) groups is 1. The third-order valence-corrected chi connectivity index (χ3v) is 4.08. The second kappa shape index (κ2) is 6.37. The highest BCUT2D eigenvalue weighted by Gasteiger charge is 2.17. The molecule has 2 aromatic rings. The maximum Gasteiger partial charge on any atom is 0.258 e. The van der Waals surface area contributed by atoms with Gasteiger partial charge >= 0.3 is 0 Å². The van der Waals surface area contributed by atoms with Gasteiger partial charge in [-0.3, -0.25) is 4.79 Å². The van der Waals surface area contributed by atoms with E-state index in [4.69, 9.17) is 11.6 Å². The third kappa shape index (κ3) is 3.19. The first kappa shape index (κ1) is 15.0. The average molecular weight is 357 g/mol. The number of hydrogen-bond acceptors (Lipinski definition) is 1. The second-order valence-corrected chi connectivity index (χ2v) is 5.42. The van der Waals surface area contributed by atoms with E-state index in [0.717, 1.165) is 4.47 Å². The molecule has 0 aliphatic rings. The van der Waals surface area contributed by atoms with Crippen LogP contribution < -0.4 is 4.90 Å². The van der Waals surface area contributed by atoms with E-state index in [1.807, 2.05) is 6.92 Å². The summed E-state index contributed by atoms with van der Waals surface area (Å²) in [4.78, 5) is 14.0. The van der Waals surface area contributed by atoms with Gasteiger partial charge in [0.2, 0.25) is 0 Å². The molecule has 0 bridgehead atoms. The van der Waals surface area contributed by atoms with Crippen molar-refractivity contribution in [2.75, 3.05) is 11.4 Å². The minimum absolute atomic E-state index is 0.215. The normalized spacial score (nSPS) is 10.4. The molecule has 0 aromatic heterocycles. The Morgan fingerprint density at radius 2 is 2.05 bits per heavy atom. The van der Waals surface area contributed by atoms with Crippen molar-refractivity contribution >= 4 is 39.1 Å². The Labute approximate surface area is 130 Å². The molecule has 0 saturated heterocycles. The van der Waals surface area contributed by atoms with Gasteiger partial charge in [0, 0.05) is 22.3 Å². The molecule has 0 saturated carbocycles. The molecule has 2 aromatic carbocycles. The molecule has 104 valence electrons. The van der Waals surface area contributed by atoms with Gasteiger partial charge in [-0.05, 0) is 59.3 Å². The fraction of sp³-hybridized carbons (Fsp3) is 0.133. The summed E-state index contributed by atoms with van der Waals surface area (Å²) in [7, 11) is 0. The van der Waals surface area contributed by atoms with Gasteiger partial charge in [-0.1, -0.05) is 17.7 Å². The van der Waals surface area contributed by atoms with Crippen LogP contribution in [0.15, 0.2) is 46.9 Å². The van der Waals surface area contributed by atoms with Crippen LogP contribution in [0.1, 0.15) is 17.3 Å². The Morgan fingerprint density at radius 1 is 1.30 bits per heavy atom. The average Bonchev–Trinajstić information content (AvgIpc) is 2.42. The van der Waals surface area contributed by atoms with E-state index in [1.165, 1.54) is 17.0 Å². The van der Waals surface area contributed by atoms with Gasteiger partial charge in [0.15, 0.2) is 0 Å². The molecule has 0 radical (unpaired) electrons. The molecular weight excluding hydrogens is 345 g/mol. The highest BCUT2D eigenvalue weighted by atomic mass is 79.9. The maximum atomic E-state index is 13.3. The Hall–Kier alpha value is -1.39. The van der Waals surface area contributed by atoms with Gasteiger partial charge in [-0.2, -0.15) is 0 Å². The van der Waals surface area contributed by atoms with E-state index in [1.54, 1.807) is 30.3 Å². The van der Waals surface area contributed by atoms with Crippen LogP contribution in [0.3, 0.4) is 0 Å². The van der Waals surface area contributed by atoms with E-state index in [2.05, 4.69) is 15.9 Å². The molecule has 1 amide bonds. The zero-order valence-electron chi connectivity index (χ0n) is 10.7. The van der Waals surface area contributed by atoms with Crippen LogP contribution in [-0.2, 0) is 0 Å². The minimum Gasteiger partial charge on any atom is -0.309 e. The standard InChI is InChI=1S/C15H12BrClFNO/c1-2-19(12-5-3-4-11(18)9-12)15(20)10-6-7-13(16)14(17)8-10/h3-9H,2H2,1H3. The van der Waals surface area contributed by atoms with Crippen LogP contribution in [0.2, 0.25) is 5.02 Å². The summed E-state index contributed by atoms with van der Waals surface area (Å²) in [5, 5.41) is 0.464. The van der Waals surface area contributed by atoms with Gasteiger partial charge in [-0.15, -0.1) is 0 Å². The van der Waals surface area contributed by atoms with Crippen molar-refractivity contribution in [2.24, 2.45) is 0 Å². The van der Waals surface area contributed by atoms with Gasteiger partial charge in [0.1, 0.15) is 5.82 Å². The smallest absolute Gasteiger partial charge is 0.258 e. The zero-order valence-corrected chi connectivity index (χ0v) is 13.1. The predicted octanol–water partition coefficient (Wildman–Crippen LogP) is 4.91. The SMILES string of the molecule is CCN(C(=O)c1ccc(Br)c(Cl)c1)c1cccc(F)c1. The zero-order chi connectivity index (χ0) is 14.7. The molecule has 0 aliphatic carbocycles. The van der Waals surface area contributed by atoms with Gasteiger partial charge in [-0.25, -0.2) is 4.39 Å². The summed E-state index contributed by atoms with van der Waals surface area (Å²) >= 11 is 9.28. The molecule has 2 nitrogen and oxygen atoms in total. The lowest BCUT2D eigenvalue weighted by molar-refractivity contribution is 0.0988. The largest absolute Gasteiger partial charge is 0.309 e. The summed E-state index contributed by atoms with van der Waals surface area (Å²) in [6.45, 7) is 2.28. The fourth-order valence-electron chi connectivity index (χ4n) is 1.87. The lowest BCUT2D eigenvalue weighted by Crippen LogP contribution is -2.30. The molecule has 20 heavy (non-hydrogen) atoms. The van der Waals surface area contributed by atoms with E-state index in [0.29, 0.717) is 22.8 Å². The topological polar surface area (TPSA) is 20.3 Å². The van der Waals surface area contributed by atoms with Crippen LogP contribution in [0.5, 0.6) is 0 Å². The molecule has 2 rings (SSSR count). The number of carbonyl (C=O) groups excluding carboxylic acids is 1. The number of rotatable bonds is 3. The molecule has 0 N–H and O–H groups in total. The second-order valence-electron chi connectivity index (χ2n) is 4.16. The van der Waals surface area contributed by atoms with Crippen molar-refractivity contribution in [1.82, 2.24) is 0 Å². The number of benzene rings is 2. The lowest BCUT2D eigenvalue weighted by atomic mass is 10.2. The Kier molecular flexibility index (Phi) is 4.78. The maximum absolute atomic E-state index is 13.3. The van der Waals surface area contributed by atoms with E-state index in [-0.39, 0.29) is 11.7 Å². The van der Waals surface area contributed by atoms with E-state index in [9.17, 15) is 9.18 Å². The molecule has 0 aliphatic heterocycles. The molecule has 0 spiro atoms. The minimum atomic E-state index is -0.373. The number of anilines is 1. The van der Waals surface area contributed by atoms with Gasteiger partial charge < -0.3 is 4.90 Å². The lowest BCUT2D eigenvalue weighted by Gasteiger charge is -2.21. The first-order valence-electron chi connectivity index (χ1n) is 6.05. The Bertz CT molecular complexity index is 648. The first-order chi connectivity index (χ1) is 9.52. The van der Waals surface area contributed by atoms with Crippen molar-refractivity contribution in [2.45, 2.75) is 6.92 Å². The summed E-state index contributed by atoms with van der Waals surface area (Å²) in [6.07, 6.45) is 0. The summed E-state index contributed by atoms with van der Waals surface area (Å²) in [5.74, 6) is -0.588. The summed E-state index contributed by atoms with van der Waals surface area (Å²) < 4.78 is 14.0. The highest BCUT2D eigenvalue weighted by molar-refractivity contribution is 9.10. The van der Waals surface area contributed by atoms with Gasteiger partial charge in [0.05, 0.1) is 5.02 Å². The quantitative estimate of drug-likeness (QED) is 0.765. The van der Waals surface area contributed by atoms with Crippen LogP contribution >= 0.6 is 27.5 Å². The molecular formula is C15H12BrClFNO. The summed E-state index contributed by atoms with van der Waals surface area (Å²) in [6, 6.07) is 10.9. The first-order valence-corrected chi connectivity index (χ1v) is 7.22. The molecule has 0 unspecified atom stereocenters. The van der Waals surface area contributed by atoms with Crippen molar-refractivity contribution in [1.29, 1.82) is 0 Å². The number of hydrogen-bond donors (Lipinski definition) is 0. The number of nitrogens with zero attached hydrogens (tertiary/aromatic N) is 1. The van der Waals surface area contributed by atoms with Crippen LogP contribution in [0, 0.1) is 5.82 Å². The monoisotopic (exact) mass is 355 g/mol. The number of amides is 1. The van der Waals surface area contributed by atoms with Crippen molar-refractivity contribution in [3.63, 3.8) is 0 Å². The van der Waals surface area contributed by atoms with Crippen molar-refractivity contribution in [3.05, 3.63) is 63.3 Å². The van der Waals surface area contributed by atoms with E-state index < -0.39 is 0 Å². The van der Waals surface area contributed by atoms with Gasteiger partial charge in [0.25, 0.3) is 5.91 Å². The third-order valence-electron chi connectivity index (χ3n) is 2.85. The Balaban J connectivity index is 2.36. The van der Waals surface area contributed by atoms with E-state index >= 15 is 0 Å². The summed E-state index contributed by atoms with van der Waals surface area (Å²) in [5.41, 5.74) is 0.987. The fourth-order valence-corrected chi connectivity index (χ4v) is 2.30. The van der Waals surface area contributed by atoms with Crippen LogP contribution in [0.4, 0.5) is 10.1 Å². The van der Waals surface area contributed by atoms with Crippen molar-refractivity contribution < 1.29 is 9.18 Å². The molecule has 0 fully saturated rings. The highest BCUT2D eigenvalue weighted by Crippen LogP contribution is 2.25. The van der Waals surface area contributed by atoms with Crippen LogP contribution in [-0.4, -0.2) is 12.5 Å². The van der Waals surface area contributed by atoms with Crippen molar-refractivity contribution in [3.8, 4) is 0 Å². The number of halogens is 3. The molecule has 0 heterocycles. The Morgan fingerprint density at radius 3 is 2.65 bits per heavy atom. The predicted molar refractivity (Wildman–Crippen MR) is 82.9 cm³/mol. The molecule has 5 heteroatoms.